The Labute approximate surface area is 226 Å². The molecule has 10 heteroatoms. The molecule has 0 bridgehead atoms. The van der Waals surface area contributed by atoms with E-state index >= 15 is 0 Å². The van der Waals surface area contributed by atoms with Gasteiger partial charge in [-0.3, -0.25) is 5.32 Å². The molecular formula is C27H32ClN5O3S. The zero-order valence-corrected chi connectivity index (χ0v) is 22.5. The number of morpholine rings is 1. The Kier molecular flexibility index (Phi) is 9.76. The monoisotopic (exact) mass is 541 g/mol. The number of aryl methyl sites for hydroxylation is 3. The quantitative estimate of drug-likeness (QED) is 0.300. The van der Waals surface area contributed by atoms with Crippen molar-refractivity contribution in [1.82, 2.24) is 9.97 Å². The van der Waals surface area contributed by atoms with Crippen LogP contribution in [0.2, 0.25) is 5.02 Å². The number of halogens is 1. The summed E-state index contributed by atoms with van der Waals surface area (Å²) in [6.07, 6.45) is 5.59. The van der Waals surface area contributed by atoms with Gasteiger partial charge < -0.3 is 19.7 Å². The molecule has 0 unspecified atom stereocenters. The number of nitrogens with zero attached hydrogens (tertiary/aromatic N) is 3. The number of aromatic nitrogens is 2. The Balaban J connectivity index is 1.48. The fourth-order valence-corrected chi connectivity index (χ4v) is 5.08. The van der Waals surface area contributed by atoms with Crippen LogP contribution in [-0.4, -0.2) is 49.0 Å². The van der Waals surface area contributed by atoms with Crippen molar-refractivity contribution in [3.8, 4) is 0 Å². The number of hydrogen-bond donors (Lipinski definition) is 2. The molecule has 2 N–H and O–H groups in total. The van der Waals surface area contributed by atoms with Crippen LogP contribution >= 0.6 is 22.9 Å². The van der Waals surface area contributed by atoms with Gasteiger partial charge in [-0.15, -0.1) is 11.3 Å². The minimum atomic E-state index is -0.558. The van der Waals surface area contributed by atoms with Crippen molar-refractivity contribution in [3.05, 3.63) is 75.3 Å². The first-order valence-corrected chi connectivity index (χ1v) is 13.6. The Bertz CT molecular complexity index is 1210. The van der Waals surface area contributed by atoms with Crippen LogP contribution in [0.25, 0.3) is 0 Å². The Morgan fingerprint density at radius 1 is 1.24 bits per heavy atom. The fraction of sp³-hybridized carbons (Fsp3) is 0.370. The maximum absolute atomic E-state index is 11.9. The van der Waals surface area contributed by atoms with Gasteiger partial charge in [0.05, 0.1) is 18.2 Å². The number of nitrogens with one attached hydrogen (secondary N) is 2. The molecule has 37 heavy (non-hydrogen) atoms. The topological polar surface area (TPSA) is 88.6 Å². The molecule has 4 rings (SSSR count). The molecule has 0 aliphatic carbocycles. The van der Waals surface area contributed by atoms with Gasteiger partial charge in [0, 0.05) is 65.3 Å². The van der Waals surface area contributed by atoms with E-state index in [-0.39, 0.29) is 6.61 Å². The molecule has 2 aromatic heterocycles. The summed E-state index contributed by atoms with van der Waals surface area (Å²) >= 11 is 8.08. The van der Waals surface area contributed by atoms with Crippen LogP contribution in [0.4, 0.5) is 22.0 Å². The predicted octanol–water partition coefficient (Wildman–Crippen LogP) is 5.72. The lowest BCUT2D eigenvalue weighted by Crippen LogP contribution is -2.36. The number of amides is 1. The molecule has 0 spiro atoms. The highest BCUT2D eigenvalue weighted by atomic mass is 35.5. The summed E-state index contributed by atoms with van der Waals surface area (Å²) < 4.78 is 10.5. The van der Waals surface area contributed by atoms with Crippen molar-refractivity contribution in [3.63, 3.8) is 0 Å². The fourth-order valence-electron chi connectivity index (χ4n) is 3.96. The van der Waals surface area contributed by atoms with Gasteiger partial charge in [-0.1, -0.05) is 31.2 Å². The third kappa shape index (κ3) is 8.18. The van der Waals surface area contributed by atoms with Crippen molar-refractivity contribution in [2.45, 2.75) is 32.7 Å². The number of anilines is 3. The van der Waals surface area contributed by atoms with Gasteiger partial charge in [-0.05, 0) is 42.7 Å². The molecule has 1 amide bonds. The minimum Gasteiger partial charge on any atom is -0.445 e. The Morgan fingerprint density at radius 3 is 2.84 bits per heavy atom. The van der Waals surface area contributed by atoms with E-state index in [0.29, 0.717) is 30.5 Å². The molecule has 8 nitrogen and oxygen atoms in total. The van der Waals surface area contributed by atoms with E-state index in [1.165, 1.54) is 11.0 Å². The SMILES string of the molecule is C=CCOC(=O)Nc1cc(Cl)cc(CNc2cc(N3CCOCC3)cc(CCc3ncc(CC)s3)n2)c1. The molecule has 0 radical (unpaired) electrons. The highest BCUT2D eigenvalue weighted by Crippen LogP contribution is 2.25. The van der Waals surface area contributed by atoms with Gasteiger partial charge in [0.25, 0.3) is 0 Å². The normalized spacial score (nSPS) is 13.3. The zero-order valence-electron chi connectivity index (χ0n) is 21.0. The van der Waals surface area contributed by atoms with Gasteiger partial charge in [0.1, 0.15) is 12.4 Å². The number of benzene rings is 1. The molecule has 1 saturated heterocycles. The molecule has 1 aromatic carbocycles. The van der Waals surface area contributed by atoms with Crippen molar-refractivity contribution in [2.24, 2.45) is 0 Å². The maximum Gasteiger partial charge on any atom is 0.411 e. The molecule has 1 fully saturated rings. The lowest BCUT2D eigenvalue weighted by molar-refractivity contribution is 0.122. The second kappa shape index (κ2) is 13.4. The average molecular weight is 542 g/mol. The van der Waals surface area contributed by atoms with Gasteiger partial charge in [-0.2, -0.15) is 0 Å². The van der Waals surface area contributed by atoms with Crippen LogP contribution < -0.4 is 15.5 Å². The Hall–Kier alpha value is -3.14. The molecule has 3 aromatic rings. The summed E-state index contributed by atoms with van der Waals surface area (Å²) in [6, 6.07) is 9.63. The average Bonchev–Trinajstić information content (AvgIpc) is 3.38. The van der Waals surface area contributed by atoms with Crippen molar-refractivity contribution in [1.29, 1.82) is 0 Å². The van der Waals surface area contributed by atoms with E-state index in [0.717, 1.165) is 60.1 Å². The highest BCUT2D eigenvalue weighted by Gasteiger charge is 2.14. The van der Waals surface area contributed by atoms with Crippen LogP contribution in [0.5, 0.6) is 0 Å². The third-order valence-electron chi connectivity index (χ3n) is 5.79. The molecule has 3 heterocycles. The van der Waals surface area contributed by atoms with Gasteiger partial charge in [-0.25, -0.2) is 14.8 Å². The standard InChI is InChI=1S/C27H32ClN5O3S/c1-3-9-36-27(34)32-22-13-19(12-20(28)14-22)17-29-25-16-23(33-7-10-35-11-8-33)15-21(31-25)5-6-26-30-18-24(4-2)37-26/h3,12-16,18H,1,4-11,17H2,2H3,(H,29,31)(H,32,34). The van der Waals surface area contributed by atoms with Crippen molar-refractivity contribution < 1.29 is 14.3 Å². The second-order valence-electron chi connectivity index (χ2n) is 8.59. The number of pyridine rings is 1. The summed E-state index contributed by atoms with van der Waals surface area (Å²) in [5.41, 5.74) is 3.60. The predicted molar refractivity (Wildman–Crippen MR) is 150 cm³/mol. The van der Waals surface area contributed by atoms with Crippen LogP contribution in [0, 0.1) is 0 Å². The van der Waals surface area contributed by atoms with Crippen LogP contribution in [0.3, 0.4) is 0 Å². The largest absolute Gasteiger partial charge is 0.445 e. The maximum atomic E-state index is 11.9. The van der Waals surface area contributed by atoms with E-state index < -0.39 is 6.09 Å². The molecular weight excluding hydrogens is 510 g/mol. The highest BCUT2D eigenvalue weighted by molar-refractivity contribution is 7.11. The lowest BCUT2D eigenvalue weighted by atomic mass is 10.1. The first-order valence-electron chi connectivity index (χ1n) is 12.4. The zero-order chi connectivity index (χ0) is 26.0. The molecule has 1 aliphatic rings. The van der Waals surface area contributed by atoms with E-state index in [1.807, 2.05) is 18.3 Å². The molecule has 0 atom stereocenters. The van der Waals surface area contributed by atoms with Gasteiger partial charge in [0.15, 0.2) is 0 Å². The van der Waals surface area contributed by atoms with Crippen LogP contribution in [0.1, 0.15) is 28.1 Å². The van der Waals surface area contributed by atoms with E-state index in [2.05, 4.69) is 46.2 Å². The first-order chi connectivity index (χ1) is 18.0. The Morgan fingerprint density at radius 2 is 2.08 bits per heavy atom. The first kappa shape index (κ1) is 26.9. The van der Waals surface area contributed by atoms with E-state index in [4.69, 9.17) is 26.1 Å². The van der Waals surface area contributed by atoms with Crippen molar-refractivity contribution in [2.75, 3.05) is 48.4 Å². The van der Waals surface area contributed by atoms with Crippen LogP contribution in [-0.2, 0) is 35.3 Å². The number of thiazole rings is 1. The lowest BCUT2D eigenvalue weighted by Gasteiger charge is -2.29. The number of carbonyl (C=O) groups is 1. The van der Waals surface area contributed by atoms with Gasteiger partial charge in [0.2, 0.25) is 0 Å². The number of carbonyl (C=O) groups excluding carboxylic acids is 1. The van der Waals surface area contributed by atoms with Crippen LogP contribution in [0.15, 0.2) is 49.2 Å². The molecule has 196 valence electrons. The summed E-state index contributed by atoms with van der Waals surface area (Å²) in [4.78, 5) is 25.0. The smallest absolute Gasteiger partial charge is 0.411 e. The summed E-state index contributed by atoms with van der Waals surface area (Å²) in [7, 11) is 0. The number of rotatable bonds is 11. The number of ether oxygens (including phenoxy) is 2. The minimum absolute atomic E-state index is 0.136. The summed E-state index contributed by atoms with van der Waals surface area (Å²) in [5.74, 6) is 0.784. The third-order valence-corrected chi connectivity index (χ3v) is 7.21. The molecule has 0 saturated carbocycles. The molecule has 1 aliphatic heterocycles. The second-order valence-corrected chi connectivity index (χ2v) is 10.2. The van der Waals surface area contributed by atoms with Gasteiger partial charge >= 0.3 is 6.09 Å². The van der Waals surface area contributed by atoms with Crippen molar-refractivity contribution >= 4 is 46.2 Å². The summed E-state index contributed by atoms with van der Waals surface area (Å²) in [6.45, 7) is 9.44. The summed E-state index contributed by atoms with van der Waals surface area (Å²) in [5, 5.41) is 7.78. The van der Waals surface area contributed by atoms with E-state index in [1.54, 1.807) is 17.4 Å². The van der Waals surface area contributed by atoms with E-state index in [9.17, 15) is 4.79 Å². The number of hydrogen-bond acceptors (Lipinski definition) is 8.